The van der Waals surface area contributed by atoms with E-state index in [1.807, 2.05) is 6.92 Å². The van der Waals surface area contributed by atoms with Gasteiger partial charge < -0.3 is 10.8 Å². The predicted octanol–water partition coefficient (Wildman–Crippen LogP) is 3.47. The molecular weight excluding hydrogens is 247 g/mol. The Hall–Kier alpha value is -2.56. The van der Waals surface area contributed by atoms with Crippen LogP contribution in [0.5, 0.6) is 0 Å². The largest absolute Gasteiger partial charge is 0.465 e. The number of rotatable bonds is 2. The highest BCUT2D eigenvalue weighted by molar-refractivity contribution is 5.90. The van der Waals surface area contributed by atoms with Crippen LogP contribution in [0.1, 0.15) is 5.56 Å². The van der Waals surface area contributed by atoms with E-state index in [-0.39, 0.29) is 5.82 Å². The Bertz CT molecular complexity index is 624. The van der Waals surface area contributed by atoms with Gasteiger partial charge >= 0.3 is 6.09 Å². The van der Waals surface area contributed by atoms with Crippen LogP contribution < -0.4 is 11.1 Å². The van der Waals surface area contributed by atoms with E-state index in [4.69, 9.17) is 10.8 Å². The maximum Gasteiger partial charge on any atom is 0.409 e. The van der Waals surface area contributed by atoms with Crippen LogP contribution in [0.3, 0.4) is 0 Å². The van der Waals surface area contributed by atoms with Gasteiger partial charge in [-0.15, -0.1) is 0 Å². The fourth-order valence-corrected chi connectivity index (χ4v) is 1.89. The van der Waals surface area contributed by atoms with Crippen molar-refractivity contribution in [2.75, 3.05) is 11.1 Å². The van der Waals surface area contributed by atoms with E-state index in [0.717, 1.165) is 16.7 Å². The Labute approximate surface area is 109 Å². The number of carbonyl (C=O) groups is 1. The second-order valence-electron chi connectivity index (χ2n) is 4.19. The standard InChI is InChI=1S/C14H13FN2O2/c1-8-6-13(17-14(18)19)12(16)7-11(8)9-2-4-10(15)5-3-9/h2-7,17H,16H2,1H3,(H,18,19). The molecule has 0 radical (unpaired) electrons. The van der Waals surface area contributed by atoms with Crippen LogP contribution in [0.15, 0.2) is 36.4 Å². The van der Waals surface area contributed by atoms with E-state index in [1.54, 1.807) is 24.3 Å². The van der Waals surface area contributed by atoms with Crippen molar-refractivity contribution in [2.45, 2.75) is 6.92 Å². The van der Waals surface area contributed by atoms with Gasteiger partial charge in [0, 0.05) is 0 Å². The first kappa shape index (κ1) is 12.9. The molecule has 0 aromatic heterocycles. The van der Waals surface area contributed by atoms with Gasteiger partial charge in [0.05, 0.1) is 11.4 Å². The van der Waals surface area contributed by atoms with Crippen LogP contribution in [0.2, 0.25) is 0 Å². The van der Waals surface area contributed by atoms with E-state index >= 15 is 0 Å². The lowest BCUT2D eigenvalue weighted by Crippen LogP contribution is -2.09. The Morgan fingerprint density at radius 1 is 1.26 bits per heavy atom. The Morgan fingerprint density at radius 3 is 2.47 bits per heavy atom. The zero-order valence-corrected chi connectivity index (χ0v) is 10.3. The monoisotopic (exact) mass is 260 g/mol. The summed E-state index contributed by atoms with van der Waals surface area (Å²) in [5.41, 5.74) is 8.99. The topological polar surface area (TPSA) is 75.3 Å². The lowest BCUT2D eigenvalue weighted by molar-refractivity contribution is 0.210. The first-order valence-electron chi connectivity index (χ1n) is 5.63. The summed E-state index contributed by atoms with van der Waals surface area (Å²) < 4.78 is 12.9. The number of nitrogens with one attached hydrogen (secondary N) is 1. The number of aryl methyl sites for hydroxylation is 1. The lowest BCUT2D eigenvalue weighted by Gasteiger charge is -2.12. The molecule has 4 N–H and O–H groups in total. The van der Waals surface area contributed by atoms with Crippen molar-refractivity contribution < 1.29 is 14.3 Å². The quantitative estimate of drug-likeness (QED) is 0.723. The first-order chi connectivity index (χ1) is 8.97. The van der Waals surface area contributed by atoms with Gasteiger partial charge in [-0.1, -0.05) is 12.1 Å². The molecule has 98 valence electrons. The molecule has 0 saturated heterocycles. The molecule has 0 aliphatic rings. The summed E-state index contributed by atoms with van der Waals surface area (Å²) in [4.78, 5) is 10.6. The minimum Gasteiger partial charge on any atom is -0.465 e. The normalized spacial score (nSPS) is 10.2. The molecule has 0 atom stereocenters. The SMILES string of the molecule is Cc1cc(NC(=O)O)c(N)cc1-c1ccc(F)cc1. The molecular formula is C14H13FN2O2. The van der Waals surface area contributed by atoms with Gasteiger partial charge in [-0.3, -0.25) is 5.32 Å². The van der Waals surface area contributed by atoms with E-state index in [1.165, 1.54) is 12.1 Å². The molecule has 0 fully saturated rings. The van der Waals surface area contributed by atoms with Crippen LogP contribution in [-0.4, -0.2) is 11.2 Å². The highest BCUT2D eigenvalue weighted by atomic mass is 19.1. The second-order valence-corrected chi connectivity index (χ2v) is 4.19. The number of halogens is 1. The first-order valence-corrected chi connectivity index (χ1v) is 5.63. The van der Waals surface area contributed by atoms with Crippen molar-refractivity contribution in [3.63, 3.8) is 0 Å². The van der Waals surface area contributed by atoms with E-state index in [9.17, 15) is 9.18 Å². The molecule has 0 saturated carbocycles. The molecule has 0 aliphatic heterocycles. The van der Waals surface area contributed by atoms with Crippen LogP contribution in [0.4, 0.5) is 20.6 Å². The number of hydrogen-bond acceptors (Lipinski definition) is 2. The van der Waals surface area contributed by atoms with Gasteiger partial charge in [0.1, 0.15) is 5.82 Å². The third-order valence-electron chi connectivity index (χ3n) is 2.79. The maximum absolute atomic E-state index is 12.9. The van der Waals surface area contributed by atoms with Crippen molar-refractivity contribution in [3.8, 4) is 11.1 Å². The number of amides is 1. The fourth-order valence-electron chi connectivity index (χ4n) is 1.89. The third-order valence-corrected chi connectivity index (χ3v) is 2.79. The fraction of sp³-hybridized carbons (Fsp3) is 0.0714. The highest BCUT2D eigenvalue weighted by Crippen LogP contribution is 2.30. The summed E-state index contributed by atoms with van der Waals surface area (Å²) >= 11 is 0. The van der Waals surface area contributed by atoms with Crippen molar-refractivity contribution >= 4 is 17.5 Å². The van der Waals surface area contributed by atoms with Crippen molar-refractivity contribution in [2.24, 2.45) is 0 Å². The summed E-state index contributed by atoms with van der Waals surface area (Å²) in [6.45, 7) is 1.84. The molecule has 0 unspecified atom stereocenters. The minimum atomic E-state index is -1.17. The van der Waals surface area contributed by atoms with Crippen LogP contribution in [0, 0.1) is 12.7 Å². The van der Waals surface area contributed by atoms with Gasteiger partial charge in [0.25, 0.3) is 0 Å². The summed E-state index contributed by atoms with van der Waals surface area (Å²) in [6.07, 6.45) is -1.17. The number of nitrogens with two attached hydrogens (primary N) is 1. The molecule has 2 rings (SSSR count). The number of benzene rings is 2. The Kier molecular flexibility index (Phi) is 3.37. The van der Waals surface area contributed by atoms with Crippen molar-refractivity contribution in [1.82, 2.24) is 0 Å². The van der Waals surface area contributed by atoms with Gasteiger partial charge in [0.15, 0.2) is 0 Å². The maximum atomic E-state index is 12.9. The van der Waals surface area contributed by atoms with E-state index in [0.29, 0.717) is 11.4 Å². The second kappa shape index (κ2) is 4.97. The van der Waals surface area contributed by atoms with Gasteiger partial charge in [-0.25, -0.2) is 9.18 Å². The van der Waals surface area contributed by atoms with Gasteiger partial charge in [0.2, 0.25) is 0 Å². The number of carboxylic acid groups (broad SMARTS) is 1. The number of hydrogen-bond donors (Lipinski definition) is 3. The summed E-state index contributed by atoms with van der Waals surface area (Å²) in [5, 5.41) is 10.9. The summed E-state index contributed by atoms with van der Waals surface area (Å²) in [5.74, 6) is -0.307. The van der Waals surface area contributed by atoms with Crippen molar-refractivity contribution in [3.05, 3.63) is 47.8 Å². The van der Waals surface area contributed by atoms with Gasteiger partial charge in [-0.2, -0.15) is 0 Å². The molecule has 0 aliphatic carbocycles. The average Bonchev–Trinajstić information content (AvgIpc) is 2.34. The van der Waals surface area contributed by atoms with Crippen LogP contribution >= 0.6 is 0 Å². The predicted molar refractivity (Wildman–Crippen MR) is 72.6 cm³/mol. The zero-order valence-electron chi connectivity index (χ0n) is 10.3. The number of nitrogen functional groups attached to an aromatic ring is 1. The van der Waals surface area contributed by atoms with Gasteiger partial charge in [-0.05, 0) is 47.9 Å². The van der Waals surface area contributed by atoms with E-state index in [2.05, 4.69) is 5.32 Å². The van der Waals surface area contributed by atoms with E-state index < -0.39 is 6.09 Å². The minimum absolute atomic E-state index is 0.307. The Morgan fingerprint density at radius 2 is 1.89 bits per heavy atom. The lowest BCUT2D eigenvalue weighted by atomic mass is 9.99. The molecule has 2 aromatic carbocycles. The molecule has 0 heterocycles. The Balaban J connectivity index is 2.45. The molecule has 1 amide bonds. The molecule has 2 aromatic rings. The average molecular weight is 260 g/mol. The molecule has 4 nitrogen and oxygen atoms in total. The zero-order chi connectivity index (χ0) is 14.0. The molecule has 19 heavy (non-hydrogen) atoms. The van der Waals surface area contributed by atoms with Crippen molar-refractivity contribution in [1.29, 1.82) is 0 Å². The molecule has 0 bridgehead atoms. The highest BCUT2D eigenvalue weighted by Gasteiger charge is 2.09. The molecule has 0 spiro atoms. The van der Waals surface area contributed by atoms with Crippen LogP contribution in [0.25, 0.3) is 11.1 Å². The summed E-state index contributed by atoms with van der Waals surface area (Å²) in [7, 11) is 0. The summed E-state index contributed by atoms with van der Waals surface area (Å²) in [6, 6.07) is 9.38. The third kappa shape index (κ3) is 2.82. The number of anilines is 2. The smallest absolute Gasteiger partial charge is 0.409 e. The molecule has 5 heteroatoms. The van der Waals surface area contributed by atoms with Crippen LogP contribution in [-0.2, 0) is 0 Å².